The van der Waals surface area contributed by atoms with Crippen molar-refractivity contribution in [3.05, 3.63) is 0 Å². The first kappa shape index (κ1) is 12.9. The molecule has 1 rings (SSSR count). The Morgan fingerprint density at radius 3 is 2.53 bits per heavy atom. The standard InChI is InChI=1S/C12H23NOS/c1-6-12(15-5)8-10(12)7-11(3,4)13-9(2)14/h10H,6-8H2,1-5H3,(H,13,14). The lowest BCUT2D eigenvalue weighted by molar-refractivity contribution is -0.120. The average molecular weight is 229 g/mol. The molecule has 0 aromatic carbocycles. The maximum Gasteiger partial charge on any atom is 0.217 e. The van der Waals surface area contributed by atoms with Gasteiger partial charge in [0.05, 0.1) is 0 Å². The van der Waals surface area contributed by atoms with Crippen LogP contribution in [0.4, 0.5) is 0 Å². The van der Waals surface area contributed by atoms with Crippen LogP contribution in [0.1, 0.15) is 47.0 Å². The van der Waals surface area contributed by atoms with Gasteiger partial charge in [0.15, 0.2) is 0 Å². The Morgan fingerprint density at radius 2 is 2.20 bits per heavy atom. The van der Waals surface area contributed by atoms with Crippen LogP contribution in [0.2, 0.25) is 0 Å². The third kappa shape index (κ3) is 3.13. The summed E-state index contributed by atoms with van der Waals surface area (Å²) in [7, 11) is 0. The molecule has 3 heteroatoms. The van der Waals surface area contributed by atoms with E-state index in [1.54, 1.807) is 6.92 Å². The lowest BCUT2D eigenvalue weighted by atomic mass is 9.96. The van der Waals surface area contributed by atoms with Crippen LogP contribution < -0.4 is 5.32 Å². The summed E-state index contributed by atoms with van der Waals surface area (Å²) >= 11 is 1.99. The predicted molar refractivity (Wildman–Crippen MR) is 67.2 cm³/mol. The number of rotatable bonds is 5. The van der Waals surface area contributed by atoms with E-state index in [2.05, 4.69) is 32.3 Å². The highest BCUT2D eigenvalue weighted by Gasteiger charge is 2.53. The summed E-state index contributed by atoms with van der Waals surface area (Å²) in [6.45, 7) is 8.10. The molecule has 2 atom stereocenters. The maximum absolute atomic E-state index is 11.0. The molecule has 88 valence electrons. The first-order valence-electron chi connectivity index (χ1n) is 5.69. The van der Waals surface area contributed by atoms with Crippen molar-refractivity contribution in [2.75, 3.05) is 6.26 Å². The molecule has 1 aliphatic carbocycles. The van der Waals surface area contributed by atoms with E-state index in [-0.39, 0.29) is 11.4 Å². The van der Waals surface area contributed by atoms with Crippen molar-refractivity contribution in [1.29, 1.82) is 0 Å². The molecule has 1 saturated carbocycles. The van der Waals surface area contributed by atoms with Crippen LogP contribution in [-0.4, -0.2) is 22.4 Å². The van der Waals surface area contributed by atoms with Crippen molar-refractivity contribution < 1.29 is 4.79 Å². The van der Waals surface area contributed by atoms with Gasteiger partial charge in [0.2, 0.25) is 5.91 Å². The fraction of sp³-hybridized carbons (Fsp3) is 0.917. The van der Waals surface area contributed by atoms with Gasteiger partial charge < -0.3 is 5.32 Å². The molecule has 0 radical (unpaired) electrons. The van der Waals surface area contributed by atoms with Crippen LogP contribution >= 0.6 is 11.8 Å². The highest BCUT2D eigenvalue weighted by molar-refractivity contribution is 8.00. The monoisotopic (exact) mass is 229 g/mol. The minimum absolute atomic E-state index is 0.0524. The average Bonchev–Trinajstić information content (AvgIpc) is 2.75. The Bertz CT molecular complexity index is 246. The zero-order valence-electron chi connectivity index (χ0n) is 10.5. The molecule has 0 heterocycles. The van der Waals surface area contributed by atoms with Gasteiger partial charge in [0, 0.05) is 17.2 Å². The van der Waals surface area contributed by atoms with Crippen molar-refractivity contribution >= 4 is 17.7 Å². The number of nitrogens with one attached hydrogen (secondary N) is 1. The largest absolute Gasteiger partial charge is 0.351 e. The first-order chi connectivity index (χ1) is 6.85. The summed E-state index contributed by atoms with van der Waals surface area (Å²) < 4.78 is 0.510. The predicted octanol–water partition coefficient (Wildman–Crippen LogP) is 2.82. The van der Waals surface area contributed by atoms with Crippen molar-refractivity contribution in [2.45, 2.75) is 57.2 Å². The van der Waals surface area contributed by atoms with Gasteiger partial charge in [-0.25, -0.2) is 0 Å². The lowest BCUT2D eigenvalue weighted by Crippen LogP contribution is -2.43. The molecule has 1 aliphatic rings. The normalized spacial score (nSPS) is 30.1. The van der Waals surface area contributed by atoms with Crippen LogP contribution in [0.5, 0.6) is 0 Å². The molecule has 15 heavy (non-hydrogen) atoms. The summed E-state index contributed by atoms with van der Waals surface area (Å²) in [5, 5.41) is 3.03. The molecular formula is C12H23NOS. The number of carbonyl (C=O) groups excluding carboxylic acids is 1. The maximum atomic E-state index is 11.0. The molecule has 2 nitrogen and oxygen atoms in total. The number of hydrogen-bond donors (Lipinski definition) is 1. The third-order valence-corrected chi connectivity index (χ3v) is 5.05. The third-order valence-electron chi connectivity index (χ3n) is 3.45. The highest BCUT2D eigenvalue weighted by Crippen LogP contribution is 2.58. The number of carbonyl (C=O) groups is 1. The first-order valence-corrected chi connectivity index (χ1v) is 6.91. The Balaban J connectivity index is 2.47. The zero-order chi connectivity index (χ0) is 11.7. The van der Waals surface area contributed by atoms with Gasteiger partial charge in [-0.3, -0.25) is 4.79 Å². The minimum Gasteiger partial charge on any atom is -0.351 e. The van der Waals surface area contributed by atoms with Crippen molar-refractivity contribution in [3.63, 3.8) is 0 Å². The number of hydrogen-bond acceptors (Lipinski definition) is 2. The van der Waals surface area contributed by atoms with Gasteiger partial charge in [0.25, 0.3) is 0 Å². The molecular weight excluding hydrogens is 206 g/mol. The second kappa shape index (κ2) is 4.36. The minimum atomic E-state index is -0.0524. The number of thioether (sulfide) groups is 1. The van der Waals surface area contributed by atoms with Crippen LogP contribution in [0.15, 0.2) is 0 Å². The molecule has 0 bridgehead atoms. The van der Waals surface area contributed by atoms with E-state index in [0.29, 0.717) is 4.75 Å². The Labute approximate surface area is 97.6 Å². The van der Waals surface area contributed by atoms with E-state index in [0.717, 1.165) is 12.3 Å². The van der Waals surface area contributed by atoms with Crippen LogP contribution in [0, 0.1) is 5.92 Å². The summed E-state index contributed by atoms with van der Waals surface area (Å²) in [6, 6.07) is 0. The second-order valence-corrected chi connectivity index (χ2v) is 6.51. The van der Waals surface area contributed by atoms with Crippen LogP contribution in [0.25, 0.3) is 0 Å². The van der Waals surface area contributed by atoms with E-state index >= 15 is 0 Å². The topological polar surface area (TPSA) is 29.1 Å². The molecule has 0 aromatic heterocycles. The molecule has 0 saturated heterocycles. The lowest BCUT2D eigenvalue weighted by Gasteiger charge is -2.27. The summed E-state index contributed by atoms with van der Waals surface area (Å²) in [4.78, 5) is 11.0. The SMILES string of the molecule is CCC1(SC)CC1CC(C)(C)NC(C)=O. The summed E-state index contributed by atoms with van der Waals surface area (Å²) in [5.74, 6) is 0.853. The second-order valence-electron chi connectivity index (χ2n) is 5.29. The fourth-order valence-corrected chi connectivity index (χ4v) is 3.66. The zero-order valence-corrected chi connectivity index (χ0v) is 11.3. The Kier molecular flexibility index (Phi) is 3.75. The Hall–Kier alpha value is -0.180. The van der Waals surface area contributed by atoms with Gasteiger partial charge in [0.1, 0.15) is 0 Å². The molecule has 1 amide bonds. The van der Waals surface area contributed by atoms with Gasteiger partial charge in [-0.2, -0.15) is 11.8 Å². The molecule has 0 aromatic rings. The van der Waals surface area contributed by atoms with E-state index < -0.39 is 0 Å². The van der Waals surface area contributed by atoms with E-state index in [9.17, 15) is 4.79 Å². The highest BCUT2D eigenvalue weighted by atomic mass is 32.2. The molecule has 1 N–H and O–H groups in total. The smallest absolute Gasteiger partial charge is 0.217 e. The van der Waals surface area contributed by atoms with Crippen molar-refractivity contribution in [3.8, 4) is 0 Å². The molecule has 0 aliphatic heterocycles. The quantitative estimate of drug-likeness (QED) is 0.785. The molecule has 2 unspecified atom stereocenters. The van der Waals surface area contributed by atoms with Crippen LogP contribution in [-0.2, 0) is 4.79 Å². The molecule has 1 fully saturated rings. The van der Waals surface area contributed by atoms with E-state index in [1.165, 1.54) is 12.8 Å². The van der Waals surface area contributed by atoms with Crippen molar-refractivity contribution in [1.82, 2.24) is 5.32 Å². The van der Waals surface area contributed by atoms with Gasteiger partial charge in [-0.05, 0) is 45.3 Å². The van der Waals surface area contributed by atoms with Gasteiger partial charge >= 0.3 is 0 Å². The summed E-state index contributed by atoms with van der Waals surface area (Å²) in [6.07, 6.45) is 5.86. The van der Waals surface area contributed by atoms with E-state index in [4.69, 9.17) is 0 Å². The van der Waals surface area contributed by atoms with Gasteiger partial charge in [-0.15, -0.1) is 0 Å². The Morgan fingerprint density at radius 1 is 1.60 bits per heavy atom. The van der Waals surface area contributed by atoms with Crippen molar-refractivity contribution in [2.24, 2.45) is 5.92 Å². The molecule has 0 spiro atoms. The van der Waals surface area contributed by atoms with E-state index in [1.807, 2.05) is 11.8 Å². The van der Waals surface area contributed by atoms with Crippen LogP contribution in [0.3, 0.4) is 0 Å². The van der Waals surface area contributed by atoms with Gasteiger partial charge in [-0.1, -0.05) is 6.92 Å². The fourth-order valence-electron chi connectivity index (χ4n) is 2.59. The number of amides is 1. The summed E-state index contributed by atoms with van der Waals surface area (Å²) in [5.41, 5.74) is -0.0524.